The van der Waals surface area contributed by atoms with Gasteiger partial charge in [-0.25, -0.2) is 0 Å². The van der Waals surface area contributed by atoms with Crippen LogP contribution in [-0.2, 0) is 9.47 Å². The minimum absolute atomic E-state index is 0.194. The van der Waals surface area contributed by atoms with E-state index >= 15 is 0 Å². The Hall–Kier alpha value is -0.120. The van der Waals surface area contributed by atoms with Gasteiger partial charge in [0.2, 0.25) is 0 Å². The number of hydrogen-bond acceptors (Lipinski definition) is 3. The lowest BCUT2D eigenvalue weighted by Crippen LogP contribution is -2.26. The van der Waals surface area contributed by atoms with Gasteiger partial charge in [-0.05, 0) is 26.2 Å². The van der Waals surface area contributed by atoms with Crippen LogP contribution < -0.4 is 0 Å². The molecule has 76 valence electrons. The summed E-state index contributed by atoms with van der Waals surface area (Å²) in [4.78, 5) is 0. The molecule has 13 heavy (non-hydrogen) atoms. The largest absolute Gasteiger partial charge is 0.390 e. The number of aliphatic hydroxyl groups excluding tert-OH is 1. The van der Waals surface area contributed by atoms with Crippen LogP contribution in [0.3, 0.4) is 0 Å². The summed E-state index contributed by atoms with van der Waals surface area (Å²) in [5.41, 5.74) is 0. The molecule has 0 amide bonds. The maximum Gasteiger partial charge on any atom is 0.0827 e. The van der Waals surface area contributed by atoms with Crippen LogP contribution >= 0.6 is 0 Å². The van der Waals surface area contributed by atoms with Crippen LogP contribution in [0.25, 0.3) is 0 Å². The van der Waals surface area contributed by atoms with Gasteiger partial charge in [0.15, 0.2) is 0 Å². The van der Waals surface area contributed by atoms with Crippen LogP contribution in [0.15, 0.2) is 0 Å². The Bertz CT molecular complexity index is 156. The molecule has 4 unspecified atom stereocenters. The number of aliphatic hydroxyl groups is 1. The summed E-state index contributed by atoms with van der Waals surface area (Å²) in [6.07, 6.45) is 3.56. The van der Waals surface area contributed by atoms with Crippen molar-refractivity contribution < 1.29 is 14.6 Å². The Labute approximate surface area is 79.0 Å². The highest BCUT2D eigenvalue weighted by Crippen LogP contribution is 2.29. The zero-order chi connectivity index (χ0) is 9.26. The molecular formula is C10H18O3. The Morgan fingerprint density at radius 3 is 2.77 bits per heavy atom. The minimum Gasteiger partial charge on any atom is -0.390 e. The van der Waals surface area contributed by atoms with Crippen LogP contribution in [0.4, 0.5) is 0 Å². The van der Waals surface area contributed by atoms with E-state index in [1.165, 1.54) is 6.42 Å². The van der Waals surface area contributed by atoms with Crippen LogP contribution in [-0.4, -0.2) is 36.6 Å². The second-order valence-electron chi connectivity index (χ2n) is 4.14. The fraction of sp³-hybridized carbons (Fsp3) is 1.00. The molecule has 0 aromatic rings. The smallest absolute Gasteiger partial charge is 0.0827 e. The average Bonchev–Trinajstić information content (AvgIpc) is 2.70. The third kappa shape index (κ3) is 2.03. The fourth-order valence-electron chi connectivity index (χ4n) is 2.29. The molecule has 3 heteroatoms. The van der Waals surface area contributed by atoms with Crippen molar-refractivity contribution in [3.05, 3.63) is 0 Å². The Balaban J connectivity index is 1.85. The van der Waals surface area contributed by atoms with E-state index in [1.54, 1.807) is 0 Å². The molecule has 0 saturated carbocycles. The van der Waals surface area contributed by atoms with Gasteiger partial charge in [0, 0.05) is 12.5 Å². The molecule has 2 aliphatic rings. The number of rotatable bonds is 2. The maximum absolute atomic E-state index is 9.64. The van der Waals surface area contributed by atoms with Crippen molar-refractivity contribution in [3.8, 4) is 0 Å². The highest BCUT2D eigenvalue weighted by atomic mass is 16.5. The predicted molar refractivity (Wildman–Crippen MR) is 48.5 cm³/mol. The van der Waals surface area contributed by atoms with Crippen LogP contribution in [0, 0.1) is 5.92 Å². The van der Waals surface area contributed by atoms with Crippen LogP contribution in [0.1, 0.15) is 26.2 Å². The van der Waals surface area contributed by atoms with Crippen LogP contribution in [0.5, 0.6) is 0 Å². The number of hydrogen-bond donors (Lipinski definition) is 1. The molecule has 2 saturated heterocycles. The lowest BCUT2D eigenvalue weighted by molar-refractivity contribution is 0.0518. The summed E-state index contributed by atoms with van der Waals surface area (Å²) in [7, 11) is 0. The van der Waals surface area contributed by atoms with Gasteiger partial charge >= 0.3 is 0 Å². The third-order valence-corrected chi connectivity index (χ3v) is 3.19. The third-order valence-electron chi connectivity index (χ3n) is 3.19. The first-order valence-electron chi connectivity index (χ1n) is 5.18. The molecule has 2 heterocycles. The Morgan fingerprint density at radius 2 is 2.23 bits per heavy atom. The van der Waals surface area contributed by atoms with E-state index in [0.717, 1.165) is 19.4 Å². The van der Waals surface area contributed by atoms with Gasteiger partial charge in [0.25, 0.3) is 0 Å². The number of ether oxygens (including phenoxy) is 2. The first kappa shape index (κ1) is 9.44. The molecule has 1 N–H and O–H groups in total. The van der Waals surface area contributed by atoms with E-state index in [2.05, 4.69) is 0 Å². The molecule has 4 atom stereocenters. The lowest BCUT2D eigenvalue weighted by Gasteiger charge is -2.20. The van der Waals surface area contributed by atoms with Gasteiger partial charge in [-0.1, -0.05) is 0 Å². The molecule has 0 radical (unpaired) electrons. The second kappa shape index (κ2) is 3.95. The van der Waals surface area contributed by atoms with Gasteiger partial charge in [0.05, 0.1) is 24.9 Å². The van der Waals surface area contributed by atoms with Crippen molar-refractivity contribution in [3.63, 3.8) is 0 Å². The molecule has 0 aliphatic carbocycles. The molecule has 0 spiro atoms. The van der Waals surface area contributed by atoms with E-state index in [9.17, 15) is 5.11 Å². The van der Waals surface area contributed by atoms with Gasteiger partial charge in [0.1, 0.15) is 0 Å². The van der Waals surface area contributed by atoms with Crippen molar-refractivity contribution >= 4 is 0 Å². The van der Waals surface area contributed by atoms with Gasteiger partial charge in [-0.15, -0.1) is 0 Å². The summed E-state index contributed by atoms with van der Waals surface area (Å²) in [5.74, 6) is 0.281. The topological polar surface area (TPSA) is 38.7 Å². The Morgan fingerprint density at radius 1 is 1.38 bits per heavy atom. The summed E-state index contributed by atoms with van der Waals surface area (Å²) < 4.78 is 10.9. The van der Waals surface area contributed by atoms with Gasteiger partial charge < -0.3 is 14.6 Å². The molecule has 2 fully saturated rings. The minimum atomic E-state index is -0.279. The fourth-order valence-corrected chi connectivity index (χ4v) is 2.29. The van der Waals surface area contributed by atoms with Crippen LogP contribution in [0.2, 0.25) is 0 Å². The summed E-state index contributed by atoms with van der Waals surface area (Å²) in [6, 6.07) is 0. The molecular weight excluding hydrogens is 168 g/mol. The summed E-state index contributed by atoms with van der Waals surface area (Å²) in [6.45, 7) is 3.43. The first-order chi connectivity index (χ1) is 6.27. The molecule has 2 aliphatic heterocycles. The summed E-state index contributed by atoms with van der Waals surface area (Å²) in [5, 5.41) is 9.64. The second-order valence-corrected chi connectivity index (χ2v) is 4.14. The van der Waals surface area contributed by atoms with E-state index in [4.69, 9.17) is 9.47 Å². The zero-order valence-corrected chi connectivity index (χ0v) is 8.11. The van der Waals surface area contributed by atoms with Crippen molar-refractivity contribution in [1.82, 2.24) is 0 Å². The van der Waals surface area contributed by atoms with Crippen molar-refractivity contribution in [2.75, 3.05) is 13.2 Å². The molecule has 0 aromatic heterocycles. The van der Waals surface area contributed by atoms with E-state index < -0.39 is 0 Å². The average molecular weight is 186 g/mol. The standard InChI is InChI=1S/C10H18O3/c1-7-9(10(11)6-13-7)5-8-3-2-4-12-8/h7-11H,2-6H2,1H3. The highest BCUT2D eigenvalue weighted by molar-refractivity contribution is 4.84. The highest BCUT2D eigenvalue weighted by Gasteiger charge is 2.35. The van der Waals surface area contributed by atoms with E-state index in [-0.39, 0.29) is 18.1 Å². The SMILES string of the molecule is CC1OCC(O)C1CC1CCCO1. The zero-order valence-electron chi connectivity index (χ0n) is 8.11. The summed E-state index contributed by atoms with van der Waals surface area (Å²) >= 11 is 0. The molecule has 2 rings (SSSR count). The molecule has 0 bridgehead atoms. The normalized spacial score (nSPS) is 45.7. The van der Waals surface area contributed by atoms with Crippen molar-refractivity contribution in [2.45, 2.75) is 44.5 Å². The van der Waals surface area contributed by atoms with Crippen molar-refractivity contribution in [2.24, 2.45) is 5.92 Å². The van der Waals surface area contributed by atoms with E-state index in [0.29, 0.717) is 12.7 Å². The van der Waals surface area contributed by atoms with Gasteiger partial charge in [-0.2, -0.15) is 0 Å². The Kier molecular flexibility index (Phi) is 2.86. The quantitative estimate of drug-likeness (QED) is 0.698. The molecule has 0 aromatic carbocycles. The predicted octanol–water partition coefficient (Wildman–Crippen LogP) is 0.951. The first-order valence-corrected chi connectivity index (χ1v) is 5.18. The monoisotopic (exact) mass is 186 g/mol. The van der Waals surface area contributed by atoms with Crippen molar-refractivity contribution in [1.29, 1.82) is 0 Å². The molecule has 3 nitrogen and oxygen atoms in total. The van der Waals surface area contributed by atoms with E-state index in [1.807, 2.05) is 6.92 Å². The lowest BCUT2D eigenvalue weighted by atomic mass is 9.92. The maximum atomic E-state index is 9.64. The van der Waals surface area contributed by atoms with Gasteiger partial charge in [-0.3, -0.25) is 0 Å².